The summed E-state index contributed by atoms with van der Waals surface area (Å²) in [5, 5.41) is 27.7. The number of hydrogen-bond donors (Lipinski definition) is 2. The second kappa shape index (κ2) is 22.1. The van der Waals surface area contributed by atoms with Crippen LogP contribution < -0.4 is 5.11 Å². The van der Waals surface area contributed by atoms with Crippen LogP contribution in [0.5, 0.6) is 0 Å². The number of hydrogen-bond acceptors (Lipinski definition) is 4. The van der Waals surface area contributed by atoms with E-state index in [1.165, 1.54) is 83.5 Å². The Kier molecular flexibility index (Phi) is 22.8. The van der Waals surface area contributed by atoms with E-state index in [0.29, 0.717) is 17.4 Å². The van der Waals surface area contributed by atoms with Crippen molar-refractivity contribution in [1.29, 1.82) is 0 Å². The molecule has 0 rings (SSSR count). The Labute approximate surface area is 191 Å². The van der Waals surface area contributed by atoms with E-state index in [1.807, 2.05) is 21.1 Å². The zero-order valence-corrected chi connectivity index (χ0v) is 20.9. The molecule has 0 aliphatic carbocycles. The first-order valence-corrected chi connectivity index (χ1v) is 12.5. The highest BCUT2D eigenvalue weighted by Gasteiger charge is 2.14. The minimum atomic E-state index is -1.20. The van der Waals surface area contributed by atoms with Gasteiger partial charge in [0.15, 0.2) is 0 Å². The van der Waals surface area contributed by atoms with E-state index in [-0.39, 0.29) is 6.42 Å². The molecule has 0 bridgehead atoms. The van der Waals surface area contributed by atoms with Crippen molar-refractivity contribution in [2.24, 2.45) is 0 Å². The Morgan fingerprint density at radius 3 is 1.39 bits per heavy atom. The van der Waals surface area contributed by atoms with Gasteiger partial charge in [-0.15, -0.1) is 0 Å². The highest BCUT2D eigenvalue weighted by Crippen LogP contribution is 2.13. The fourth-order valence-electron chi connectivity index (χ4n) is 3.54. The molecule has 1 atom stereocenters. The maximum absolute atomic E-state index is 10.3. The van der Waals surface area contributed by atoms with E-state index in [0.717, 1.165) is 12.8 Å². The van der Waals surface area contributed by atoms with Crippen LogP contribution in [0.4, 0.5) is 0 Å². The van der Waals surface area contributed by atoms with Crippen LogP contribution in [0.25, 0.3) is 0 Å². The van der Waals surface area contributed by atoms with E-state index < -0.39 is 18.0 Å². The molecule has 6 heteroatoms. The number of rotatable bonds is 20. The highest BCUT2D eigenvalue weighted by atomic mass is 16.4. The van der Waals surface area contributed by atoms with Crippen LogP contribution in [0, 0.1) is 0 Å². The average Bonchev–Trinajstić information content (AvgIpc) is 2.63. The molecule has 186 valence electrons. The zero-order valence-electron chi connectivity index (χ0n) is 20.9. The molecule has 0 aromatic heterocycles. The van der Waals surface area contributed by atoms with Gasteiger partial charge in [-0.05, 0) is 6.42 Å². The van der Waals surface area contributed by atoms with Crippen molar-refractivity contribution in [3.05, 3.63) is 0 Å². The van der Waals surface area contributed by atoms with Gasteiger partial charge in [-0.1, -0.05) is 96.8 Å². The Morgan fingerprint density at radius 2 is 1.10 bits per heavy atom. The van der Waals surface area contributed by atoms with Crippen molar-refractivity contribution in [2.45, 2.75) is 122 Å². The number of unbranched alkanes of at least 4 members (excludes halogenated alkanes) is 14. The van der Waals surface area contributed by atoms with Gasteiger partial charge in [-0.3, -0.25) is 4.79 Å². The van der Waals surface area contributed by atoms with Gasteiger partial charge in [0, 0.05) is 18.8 Å². The first-order chi connectivity index (χ1) is 14.6. The topological polar surface area (TPSA) is 97.7 Å². The molecule has 2 N–H and O–H groups in total. The van der Waals surface area contributed by atoms with Crippen molar-refractivity contribution >= 4 is 11.9 Å². The van der Waals surface area contributed by atoms with Gasteiger partial charge in [0.25, 0.3) is 0 Å². The van der Waals surface area contributed by atoms with Crippen molar-refractivity contribution in [2.75, 3.05) is 27.7 Å². The maximum atomic E-state index is 10.3. The average molecular weight is 446 g/mol. The number of carbonyl (C=O) groups excluding carboxylic acids is 1. The summed E-state index contributed by atoms with van der Waals surface area (Å²) in [5.74, 6) is -1.86. The summed E-state index contributed by atoms with van der Waals surface area (Å²) in [6.45, 7) is 2.69. The lowest BCUT2D eigenvalue weighted by Crippen LogP contribution is -2.43. The van der Waals surface area contributed by atoms with Gasteiger partial charge in [0.1, 0.15) is 12.6 Å². The maximum Gasteiger partial charge on any atom is 0.303 e. The number of likely N-dealkylation sites (N-methyl/N-ethyl adjacent to an activating group) is 1. The number of nitrogens with zero attached hydrogens (tertiary/aromatic N) is 1. The summed E-state index contributed by atoms with van der Waals surface area (Å²) in [6.07, 6.45) is 19.1. The van der Waals surface area contributed by atoms with Crippen molar-refractivity contribution in [3.8, 4) is 0 Å². The molecule has 0 saturated carbocycles. The first-order valence-electron chi connectivity index (χ1n) is 12.5. The lowest BCUT2D eigenvalue weighted by atomic mass is 10.0. The van der Waals surface area contributed by atoms with Gasteiger partial charge < -0.3 is 24.6 Å². The van der Waals surface area contributed by atoms with Crippen LogP contribution >= 0.6 is 0 Å². The molecular formula is C25H51NO5. The molecule has 0 spiro atoms. The summed E-state index contributed by atoms with van der Waals surface area (Å²) >= 11 is 0. The molecule has 0 aliphatic heterocycles. The zero-order chi connectivity index (χ0) is 24.0. The number of aliphatic hydroxyl groups is 1. The van der Waals surface area contributed by atoms with Crippen LogP contribution in [0.3, 0.4) is 0 Å². The number of carbonyl (C=O) groups is 2. The molecule has 0 heterocycles. The third kappa shape index (κ3) is 33.7. The van der Waals surface area contributed by atoms with Crippen molar-refractivity contribution in [1.82, 2.24) is 0 Å². The second-order valence-electron chi connectivity index (χ2n) is 9.80. The minimum absolute atomic E-state index is 0.282. The Hall–Kier alpha value is -1.14. The lowest BCUT2D eigenvalue weighted by molar-refractivity contribution is -0.873. The molecule has 31 heavy (non-hydrogen) atoms. The van der Waals surface area contributed by atoms with Crippen molar-refractivity contribution in [3.63, 3.8) is 0 Å². The van der Waals surface area contributed by atoms with E-state index >= 15 is 0 Å². The van der Waals surface area contributed by atoms with Gasteiger partial charge in [-0.2, -0.15) is 0 Å². The van der Waals surface area contributed by atoms with E-state index in [2.05, 4.69) is 6.92 Å². The SMILES string of the molecule is CCCCCCCCCCCCCCCCCC(=O)O.C[N+](C)(C)CC(O)CC(=O)[O-]. The van der Waals surface area contributed by atoms with Crippen LogP contribution in [0.2, 0.25) is 0 Å². The number of carboxylic acids is 2. The monoisotopic (exact) mass is 445 g/mol. The Morgan fingerprint density at radius 1 is 0.742 bits per heavy atom. The van der Waals surface area contributed by atoms with Crippen LogP contribution in [0.1, 0.15) is 116 Å². The molecule has 0 aliphatic rings. The lowest BCUT2D eigenvalue weighted by Gasteiger charge is -2.26. The predicted octanol–water partition coefficient (Wildman–Crippen LogP) is 4.53. The fraction of sp³-hybridized carbons (Fsp3) is 0.920. The Bertz CT molecular complexity index is 421. The molecule has 0 aromatic rings. The number of carboxylic acid groups (broad SMARTS) is 2. The molecule has 0 radical (unpaired) electrons. The standard InChI is InChI=1S/C18H36O2.C7H15NO3/c1-2-3-4-5-6-7-8-9-10-11-12-13-14-15-16-17-18(19)20;1-8(2,3)5-6(9)4-7(10)11/h2-17H2,1H3,(H,19,20);6,9H,4-5H2,1-3H3. The predicted molar refractivity (Wildman–Crippen MR) is 126 cm³/mol. The summed E-state index contributed by atoms with van der Waals surface area (Å²) in [6, 6.07) is 0. The van der Waals surface area contributed by atoms with E-state index in [4.69, 9.17) is 10.2 Å². The van der Waals surface area contributed by atoms with Crippen LogP contribution in [-0.4, -0.2) is 60.4 Å². The quantitative estimate of drug-likeness (QED) is 0.212. The fourth-order valence-corrected chi connectivity index (χ4v) is 3.54. The van der Waals surface area contributed by atoms with E-state index in [1.54, 1.807) is 0 Å². The summed E-state index contributed by atoms with van der Waals surface area (Å²) in [7, 11) is 5.66. The molecule has 1 unspecified atom stereocenters. The molecule has 0 amide bonds. The van der Waals surface area contributed by atoms with Gasteiger partial charge in [-0.25, -0.2) is 0 Å². The molecule has 6 nitrogen and oxygen atoms in total. The number of quaternary nitrogens is 1. The molecule has 0 saturated heterocycles. The number of aliphatic carboxylic acids is 2. The summed E-state index contributed by atoms with van der Waals surface area (Å²) in [4.78, 5) is 20.4. The molecule has 0 fully saturated rings. The summed E-state index contributed by atoms with van der Waals surface area (Å²) < 4.78 is 0.550. The van der Waals surface area contributed by atoms with Gasteiger partial charge in [0.05, 0.1) is 21.1 Å². The molecular weight excluding hydrogens is 394 g/mol. The van der Waals surface area contributed by atoms with Crippen molar-refractivity contribution < 1.29 is 29.4 Å². The van der Waals surface area contributed by atoms with Crippen LogP contribution in [0.15, 0.2) is 0 Å². The Balaban J connectivity index is 0. The highest BCUT2D eigenvalue weighted by molar-refractivity contribution is 5.66. The largest absolute Gasteiger partial charge is 0.550 e. The van der Waals surface area contributed by atoms with Gasteiger partial charge in [0.2, 0.25) is 0 Å². The van der Waals surface area contributed by atoms with Gasteiger partial charge >= 0.3 is 5.97 Å². The molecule has 0 aromatic carbocycles. The minimum Gasteiger partial charge on any atom is -0.550 e. The normalized spacial score (nSPS) is 12.2. The smallest absolute Gasteiger partial charge is 0.303 e. The second-order valence-corrected chi connectivity index (χ2v) is 9.80. The van der Waals surface area contributed by atoms with E-state index in [9.17, 15) is 14.7 Å². The first kappa shape index (κ1) is 32.0. The van der Waals surface area contributed by atoms with Crippen LogP contribution in [-0.2, 0) is 9.59 Å². The number of aliphatic hydroxyl groups excluding tert-OH is 1. The third-order valence-electron chi connectivity index (χ3n) is 5.15. The third-order valence-corrected chi connectivity index (χ3v) is 5.15. The summed E-state index contributed by atoms with van der Waals surface area (Å²) in [5.41, 5.74) is 0.